The Labute approximate surface area is 119 Å². The summed E-state index contributed by atoms with van der Waals surface area (Å²) in [5, 5.41) is 19.8. The standard InChI is InChI=1S/C12H16N4O3S/c1-20-8-3-16(9-2-6(18)7(4-17)19-9)12-10(8)11(13)14-5-15-12/h3,5-7,9,17-18H,2,4H2,1H3,(H2,13,14,15)/t6-,7+,9+/m0/s1. The summed E-state index contributed by atoms with van der Waals surface area (Å²) in [5.74, 6) is 0.426. The first-order valence-electron chi connectivity index (χ1n) is 6.25. The smallest absolute Gasteiger partial charge is 0.148 e. The number of thioether (sulfide) groups is 1. The largest absolute Gasteiger partial charge is 0.394 e. The van der Waals surface area contributed by atoms with Crippen molar-refractivity contribution in [3.05, 3.63) is 12.5 Å². The summed E-state index contributed by atoms with van der Waals surface area (Å²) in [5.41, 5.74) is 6.60. The van der Waals surface area contributed by atoms with Crippen LogP contribution in [0, 0.1) is 0 Å². The number of nitrogens with two attached hydrogens (primary N) is 1. The molecule has 1 fully saturated rings. The summed E-state index contributed by atoms with van der Waals surface area (Å²) >= 11 is 1.55. The number of nitrogens with zero attached hydrogens (tertiary/aromatic N) is 3. The predicted molar refractivity (Wildman–Crippen MR) is 75.3 cm³/mol. The van der Waals surface area contributed by atoms with Gasteiger partial charge in [0.1, 0.15) is 30.1 Å². The summed E-state index contributed by atoms with van der Waals surface area (Å²) in [7, 11) is 0. The van der Waals surface area contributed by atoms with E-state index in [-0.39, 0.29) is 12.8 Å². The summed E-state index contributed by atoms with van der Waals surface area (Å²) in [6.45, 7) is -0.205. The number of aliphatic hydroxyl groups excluding tert-OH is 2. The second kappa shape index (κ2) is 5.21. The molecule has 20 heavy (non-hydrogen) atoms. The fraction of sp³-hybridized carbons (Fsp3) is 0.500. The number of anilines is 1. The van der Waals surface area contributed by atoms with Crippen molar-refractivity contribution in [2.45, 2.75) is 29.8 Å². The molecule has 2 aromatic rings. The molecular weight excluding hydrogens is 280 g/mol. The van der Waals surface area contributed by atoms with Crippen LogP contribution in [0.3, 0.4) is 0 Å². The van der Waals surface area contributed by atoms with Crippen molar-refractivity contribution in [3.63, 3.8) is 0 Å². The number of hydrogen-bond acceptors (Lipinski definition) is 7. The molecule has 108 valence electrons. The average molecular weight is 296 g/mol. The van der Waals surface area contributed by atoms with Gasteiger partial charge in [-0.15, -0.1) is 11.8 Å². The molecule has 0 amide bonds. The first-order valence-corrected chi connectivity index (χ1v) is 7.47. The van der Waals surface area contributed by atoms with Crippen LogP contribution in [0.15, 0.2) is 17.4 Å². The van der Waals surface area contributed by atoms with Crippen LogP contribution in [-0.4, -0.2) is 49.8 Å². The van der Waals surface area contributed by atoms with Crippen LogP contribution in [0.25, 0.3) is 11.0 Å². The van der Waals surface area contributed by atoms with E-state index in [0.717, 1.165) is 10.3 Å². The van der Waals surface area contributed by atoms with E-state index in [9.17, 15) is 5.11 Å². The van der Waals surface area contributed by atoms with Crippen LogP contribution in [0.5, 0.6) is 0 Å². The molecule has 0 unspecified atom stereocenters. The Morgan fingerprint density at radius 3 is 3.00 bits per heavy atom. The molecule has 1 aliphatic heterocycles. The molecule has 3 atom stereocenters. The highest BCUT2D eigenvalue weighted by molar-refractivity contribution is 7.98. The number of aromatic nitrogens is 3. The summed E-state index contributed by atoms with van der Waals surface area (Å²) in [6.07, 6.45) is 4.07. The molecular formula is C12H16N4O3S. The minimum absolute atomic E-state index is 0.205. The Bertz CT molecular complexity index is 632. The maximum absolute atomic E-state index is 9.85. The maximum Gasteiger partial charge on any atom is 0.148 e. The summed E-state index contributed by atoms with van der Waals surface area (Å²) in [6, 6.07) is 0. The molecule has 3 heterocycles. The fourth-order valence-corrected chi connectivity index (χ4v) is 3.12. The van der Waals surface area contributed by atoms with Gasteiger partial charge in [0, 0.05) is 17.5 Å². The third-order valence-electron chi connectivity index (χ3n) is 3.52. The molecule has 3 rings (SSSR count). The van der Waals surface area contributed by atoms with Gasteiger partial charge in [-0.05, 0) is 6.26 Å². The minimum Gasteiger partial charge on any atom is -0.394 e. The maximum atomic E-state index is 9.85. The van der Waals surface area contributed by atoms with Crippen molar-refractivity contribution in [1.29, 1.82) is 0 Å². The zero-order chi connectivity index (χ0) is 14.3. The van der Waals surface area contributed by atoms with Crippen LogP contribution < -0.4 is 5.73 Å². The molecule has 0 aliphatic carbocycles. The van der Waals surface area contributed by atoms with Gasteiger partial charge in [-0.3, -0.25) is 0 Å². The monoisotopic (exact) mass is 296 g/mol. The van der Waals surface area contributed by atoms with Gasteiger partial charge in [0.15, 0.2) is 0 Å². The Hall–Kier alpha value is -1.35. The van der Waals surface area contributed by atoms with Gasteiger partial charge < -0.3 is 25.3 Å². The van der Waals surface area contributed by atoms with E-state index in [1.807, 2.05) is 17.0 Å². The lowest BCUT2D eigenvalue weighted by atomic mass is 10.2. The second-order valence-electron chi connectivity index (χ2n) is 4.68. The van der Waals surface area contributed by atoms with Crippen molar-refractivity contribution in [2.24, 2.45) is 0 Å². The second-order valence-corrected chi connectivity index (χ2v) is 5.53. The highest BCUT2D eigenvalue weighted by atomic mass is 32.2. The fourth-order valence-electron chi connectivity index (χ4n) is 2.50. The van der Waals surface area contributed by atoms with Crippen LogP contribution in [0.2, 0.25) is 0 Å². The molecule has 0 radical (unpaired) electrons. The van der Waals surface area contributed by atoms with Crippen LogP contribution in [0.4, 0.5) is 5.82 Å². The zero-order valence-corrected chi connectivity index (χ0v) is 11.7. The van der Waals surface area contributed by atoms with E-state index >= 15 is 0 Å². The first kappa shape index (κ1) is 13.6. The van der Waals surface area contributed by atoms with E-state index in [2.05, 4.69) is 9.97 Å². The SMILES string of the molecule is CSc1cn([C@H]2C[C@H](O)[C@@H](CO)O2)c2ncnc(N)c12. The highest BCUT2D eigenvalue weighted by Crippen LogP contribution is 2.36. The zero-order valence-electron chi connectivity index (χ0n) is 10.9. The number of aliphatic hydroxyl groups is 2. The normalized spacial score (nSPS) is 26.4. The quantitative estimate of drug-likeness (QED) is 0.703. The highest BCUT2D eigenvalue weighted by Gasteiger charge is 2.35. The van der Waals surface area contributed by atoms with E-state index < -0.39 is 12.2 Å². The van der Waals surface area contributed by atoms with Gasteiger partial charge >= 0.3 is 0 Å². The summed E-state index contributed by atoms with van der Waals surface area (Å²) in [4.78, 5) is 9.24. The number of nitrogen functional groups attached to an aromatic ring is 1. The lowest BCUT2D eigenvalue weighted by Gasteiger charge is -2.14. The minimum atomic E-state index is -0.681. The predicted octanol–water partition coefficient (Wildman–Crippen LogP) is 0.376. The molecule has 1 saturated heterocycles. The lowest BCUT2D eigenvalue weighted by Crippen LogP contribution is -2.24. The van der Waals surface area contributed by atoms with E-state index in [0.29, 0.717) is 17.9 Å². The van der Waals surface area contributed by atoms with Crippen molar-refractivity contribution in [1.82, 2.24) is 14.5 Å². The molecule has 0 spiro atoms. The number of rotatable bonds is 3. The Balaban J connectivity index is 2.07. The van der Waals surface area contributed by atoms with E-state index in [4.69, 9.17) is 15.6 Å². The van der Waals surface area contributed by atoms with Gasteiger partial charge in [0.05, 0.1) is 18.1 Å². The van der Waals surface area contributed by atoms with Crippen molar-refractivity contribution in [2.75, 3.05) is 18.6 Å². The van der Waals surface area contributed by atoms with Crippen molar-refractivity contribution >= 4 is 28.6 Å². The van der Waals surface area contributed by atoms with Crippen LogP contribution in [0.1, 0.15) is 12.6 Å². The third kappa shape index (κ3) is 2.05. The molecule has 0 bridgehead atoms. The van der Waals surface area contributed by atoms with Crippen molar-refractivity contribution in [3.8, 4) is 0 Å². The van der Waals surface area contributed by atoms with Gasteiger partial charge in [-0.25, -0.2) is 9.97 Å². The molecule has 4 N–H and O–H groups in total. The molecule has 0 aromatic carbocycles. The van der Waals surface area contributed by atoms with Gasteiger partial charge in [0.2, 0.25) is 0 Å². The molecule has 8 heteroatoms. The average Bonchev–Trinajstić information content (AvgIpc) is 3.00. The molecule has 0 saturated carbocycles. The molecule has 7 nitrogen and oxygen atoms in total. The van der Waals surface area contributed by atoms with E-state index in [1.165, 1.54) is 6.33 Å². The van der Waals surface area contributed by atoms with Gasteiger partial charge in [0.25, 0.3) is 0 Å². The topological polar surface area (TPSA) is 106 Å². The van der Waals surface area contributed by atoms with Gasteiger partial charge in [-0.1, -0.05) is 0 Å². The molecule has 2 aromatic heterocycles. The number of hydrogen-bond donors (Lipinski definition) is 3. The first-order chi connectivity index (χ1) is 9.65. The third-order valence-corrected chi connectivity index (χ3v) is 4.27. The number of fused-ring (bicyclic) bond motifs is 1. The van der Waals surface area contributed by atoms with Gasteiger partial charge in [-0.2, -0.15) is 0 Å². The van der Waals surface area contributed by atoms with E-state index in [1.54, 1.807) is 11.8 Å². The molecule has 1 aliphatic rings. The lowest BCUT2D eigenvalue weighted by molar-refractivity contribution is -0.0431. The summed E-state index contributed by atoms with van der Waals surface area (Å²) < 4.78 is 7.51. The Morgan fingerprint density at radius 1 is 1.55 bits per heavy atom. The van der Waals surface area contributed by atoms with Crippen LogP contribution >= 0.6 is 11.8 Å². The van der Waals surface area contributed by atoms with Crippen molar-refractivity contribution < 1.29 is 14.9 Å². The number of ether oxygens (including phenoxy) is 1. The van der Waals surface area contributed by atoms with Crippen LogP contribution in [-0.2, 0) is 4.74 Å². The Morgan fingerprint density at radius 2 is 2.35 bits per heavy atom. The Kier molecular flexibility index (Phi) is 3.55.